The van der Waals surface area contributed by atoms with Gasteiger partial charge in [-0.05, 0) is 47.7 Å². The summed E-state index contributed by atoms with van der Waals surface area (Å²) < 4.78 is 5.62. The van der Waals surface area contributed by atoms with Gasteiger partial charge in [-0.2, -0.15) is 0 Å². The van der Waals surface area contributed by atoms with E-state index in [2.05, 4.69) is 17.6 Å². The summed E-state index contributed by atoms with van der Waals surface area (Å²) >= 11 is 0. The molecular formula is C21H24N2O3. The highest BCUT2D eigenvalue weighted by atomic mass is 16.5. The molecule has 1 aliphatic rings. The molecule has 2 aromatic carbocycles. The van der Waals surface area contributed by atoms with Crippen LogP contribution in [0.15, 0.2) is 42.5 Å². The van der Waals surface area contributed by atoms with Crippen molar-refractivity contribution in [3.8, 4) is 0 Å². The van der Waals surface area contributed by atoms with E-state index in [1.807, 2.05) is 30.3 Å². The van der Waals surface area contributed by atoms with Gasteiger partial charge in [-0.15, -0.1) is 0 Å². The van der Waals surface area contributed by atoms with Crippen LogP contribution < -0.4 is 10.6 Å². The zero-order valence-electron chi connectivity index (χ0n) is 15.0. The van der Waals surface area contributed by atoms with E-state index in [0.717, 1.165) is 35.4 Å². The number of amides is 2. The zero-order valence-corrected chi connectivity index (χ0v) is 15.0. The maximum absolute atomic E-state index is 12.5. The van der Waals surface area contributed by atoms with Crippen LogP contribution in [0.4, 0.5) is 5.69 Å². The van der Waals surface area contributed by atoms with Crippen LogP contribution in [0.3, 0.4) is 0 Å². The molecule has 136 valence electrons. The molecule has 2 amide bonds. The Morgan fingerprint density at radius 1 is 1.15 bits per heavy atom. The van der Waals surface area contributed by atoms with E-state index in [1.165, 1.54) is 0 Å². The van der Waals surface area contributed by atoms with Crippen molar-refractivity contribution in [2.45, 2.75) is 39.3 Å². The highest BCUT2D eigenvalue weighted by Gasteiger charge is 2.16. The van der Waals surface area contributed by atoms with E-state index < -0.39 is 0 Å². The number of hydrogen-bond acceptors (Lipinski definition) is 3. The van der Waals surface area contributed by atoms with Gasteiger partial charge in [0.05, 0.1) is 6.61 Å². The van der Waals surface area contributed by atoms with Gasteiger partial charge in [0.1, 0.15) is 0 Å². The second-order valence-corrected chi connectivity index (χ2v) is 6.42. The lowest BCUT2D eigenvalue weighted by Crippen LogP contribution is -2.24. The van der Waals surface area contributed by atoms with Crippen molar-refractivity contribution in [2.75, 3.05) is 11.9 Å². The van der Waals surface area contributed by atoms with Crippen LogP contribution in [0.25, 0.3) is 0 Å². The second kappa shape index (κ2) is 8.63. The van der Waals surface area contributed by atoms with Crippen LogP contribution in [0.1, 0.15) is 46.8 Å². The average molecular weight is 352 g/mol. The number of benzene rings is 2. The van der Waals surface area contributed by atoms with Crippen LogP contribution in [0.2, 0.25) is 0 Å². The van der Waals surface area contributed by atoms with Crippen LogP contribution in [0, 0.1) is 0 Å². The normalized spacial score (nSPS) is 13.0. The van der Waals surface area contributed by atoms with Crippen molar-refractivity contribution >= 4 is 17.5 Å². The van der Waals surface area contributed by atoms with Gasteiger partial charge in [0.2, 0.25) is 5.91 Å². The summed E-state index contributed by atoms with van der Waals surface area (Å²) in [5, 5.41) is 5.81. The van der Waals surface area contributed by atoms with Crippen LogP contribution in [-0.2, 0) is 29.1 Å². The number of ether oxygens (including phenoxy) is 1. The van der Waals surface area contributed by atoms with E-state index in [0.29, 0.717) is 31.6 Å². The molecule has 0 fully saturated rings. The van der Waals surface area contributed by atoms with E-state index in [9.17, 15) is 9.59 Å². The molecular weight excluding hydrogens is 328 g/mol. The summed E-state index contributed by atoms with van der Waals surface area (Å²) in [6, 6.07) is 13.4. The number of rotatable bonds is 7. The van der Waals surface area contributed by atoms with E-state index in [4.69, 9.17) is 4.74 Å². The van der Waals surface area contributed by atoms with Crippen molar-refractivity contribution in [3.05, 3.63) is 64.7 Å². The third-order valence-electron chi connectivity index (χ3n) is 4.43. The second-order valence-electron chi connectivity index (χ2n) is 6.42. The van der Waals surface area contributed by atoms with Crippen LogP contribution >= 0.6 is 0 Å². The summed E-state index contributed by atoms with van der Waals surface area (Å²) in [6.07, 6.45) is 2.11. The molecule has 3 rings (SSSR count). The fourth-order valence-electron chi connectivity index (χ4n) is 3.00. The molecule has 1 heterocycles. The fourth-order valence-corrected chi connectivity index (χ4v) is 3.00. The van der Waals surface area contributed by atoms with Gasteiger partial charge in [0.15, 0.2) is 0 Å². The Kier molecular flexibility index (Phi) is 6.02. The van der Waals surface area contributed by atoms with Crippen molar-refractivity contribution < 1.29 is 14.3 Å². The van der Waals surface area contributed by atoms with E-state index in [1.54, 1.807) is 12.1 Å². The van der Waals surface area contributed by atoms with Crippen LogP contribution in [-0.4, -0.2) is 18.4 Å². The molecule has 0 saturated carbocycles. The monoisotopic (exact) mass is 352 g/mol. The van der Waals surface area contributed by atoms with Crippen molar-refractivity contribution in [1.82, 2.24) is 5.32 Å². The molecule has 0 bridgehead atoms. The Labute approximate surface area is 153 Å². The molecule has 0 spiro atoms. The molecule has 0 atom stereocenters. The standard InChI is InChI=1S/C21H24N2O3/c1-2-11-26-14-18-6-4-3-5-17(18)13-22-21(25)16-7-9-19-15(12-16)8-10-20(24)23-19/h3-7,9,12H,2,8,10-11,13-14H2,1H3,(H,22,25)(H,23,24). The van der Waals surface area contributed by atoms with E-state index >= 15 is 0 Å². The van der Waals surface area contributed by atoms with Crippen molar-refractivity contribution in [2.24, 2.45) is 0 Å². The molecule has 2 aromatic rings. The minimum atomic E-state index is -0.117. The Balaban J connectivity index is 1.63. The first-order chi connectivity index (χ1) is 12.7. The van der Waals surface area contributed by atoms with Gasteiger partial charge in [0.25, 0.3) is 5.91 Å². The molecule has 2 N–H and O–H groups in total. The molecule has 0 aliphatic carbocycles. The third-order valence-corrected chi connectivity index (χ3v) is 4.43. The van der Waals surface area contributed by atoms with Gasteiger partial charge < -0.3 is 15.4 Å². The minimum absolute atomic E-state index is 0.0246. The highest BCUT2D eigenvalue weighted by molar-refractivity contribution is 5.97. The number of anilines is 1. The Hall–Kier alpha value is -2.66. The molecule has 0 aromatic heterocycles. The summed E-state index contributed by atoms with van der Waals surface area (Å²) in [4.78, 5) is 23.9. The number of fused-ring (bicyclic) bond motifs is 1. The summed E-state index contributed by atoms with van der Waals surface area (Å²) in [6.45, 7) is 3.82. The lowest BCUT2D eigenvalue weighted by Gasteiger charge is -2.17. The number of aryl methyl sites for hydroxylation is 1. The van der Waals surface area contributed by atoms with Gasteiger partial charge in [-0.3, -0.25) is 9.59 Å². The number of hydrogen-bond donors (Lipinski definition) is 2. The topological polar surface area (TPSA) is 67.4 Å². The Morgan fingerprint density at radius 2 is 1.96 bits per heavy atom. The SMILES string of the molecule is CCCOCc1ccccc1CNC(=O)c1ccc2c(c1)CCC(=O)N2. The Bertz CT molecular complexity index is 802. The first-order valence-electron chi connectivity index (χ1n) is 9.03. The van der Waals surface area contributed by atoms with Gasteiger partial charge in [0, 0.05) is 30.8 Å². The lowest BCUT2D eigenvalue weighted by atomic mass is 10.00. The molecule has 1 aliphatic heterocycles. The molecule has 5 heteroatoms. The Morgan fingerprint density at radius 3 is 2.77 bits per heavy atom. The number of carbonyl (C=O) groups is 2. The molecule has 0 unspecified atom stereocenters. The maximum Gasteiger partial charge on any atom is 0.251 e. The average Bonchev–Trinajstić information content (AvgIpc) is 2.66. The highest BCUT2D eigenvalue weighted by Crippen LogP contribution is 2.23. The summed E-state index contributed by atoms with van der Waals surface area (Å²) in [7, 11) is 0. The molecule has 0 radical (unpaired) electrons. The quantitative estimate of drug-likeness (QED) is 0.750. The molecule has 5 nitrogen and oxygen atoms in total. The summed E-state index contributed by atoms with van der Waals surface area (Å²) in [5.74, 6) is -0.0921. The first-order valence-corrected chi connectivity index (χ1v) is 9.03. The van der Waals surface area contributed by atoms with Crippen molar-refractivity contribution in [3.63, 3.8) is 0 Å². The largest absolute Gasteiger partial charge is 0.377 e. The lowest BCUT2D eigenvalue weighted by molar-refractivity contribution is -0.116. The van der Waals surface area contributed by atoms with Gasteiger partial charge in [-0.25, -0.2) is 0 Å². The van der Waals surface area contributed by atoms with Gasteiger partial charge >= 0.3 is 0 Å². The molecule has 26 heavy (non-hydrogen) atoms. The predicted octanol–water partition coefficient (Wildman–Crippen LogP) is 3.43. The van der Waals surface area contributed by atoms with Crippen molar-refractivity contribution in [1.29, 1.82) is 0 Å². The fraction of sp³-hybridized carbons (Fsp3) is 0.333. The zero-order chi connectivity index (χ0) is 18.4. The maximum atomic E-state index is 12.5. The van der Waals surface area contributed by atoms with E-state index in [-0.39, 0.29) is 11.8 Å². The third kappa shape index (κ3) is 4.49. The molecule has 0 saturated heterocycles. The van der Waals surface area contributed by atoms with Crippen LogP contribution in [0.5, 0.6) is 0 Å². The number of nitrogens with one attached hydrogen (secondary N) is 2. The summed E-state index contributed by atoms with van der Waals surface area (Å²) in [5.41, 5.74) is 4.57. The minimum Gasteiger partial charge on any atom is -0.377 e. The predicted molar refractivity (Wildman–Crippen MR) is 101 cm³/mol. The van der Waals surface area contributed by atoms with Gasteiger partial charge in [-0.1, -0.05) is 31.2 Å². The smallest absolute Gasteiger partial charge is 0.251 e. The first kappa shape index (κ1) is 18.1. The number of carbonyl (C=O) groups excluding carboxylic acids is 2.